The molecule has 0 aliphatic rings. The zero-order valence-corrected chi connectivity index (χ0v) is 10.7. The standard InChI is InChI=1S/C10H15NO5S/c1-11(2)17(13,14)16-9-5-4-8(7-12)6-10(9)15-3/h4-6,12H,7H2,1-3H3. The fourth-order valence-corrected chi connectivity index (χ4v) is 1.58. The van der Waals surface area contributed by atoms with E-state index in [9.17, 15) is 8.42 Å². The lowest BCUT2D eigenvalue weighted by molar-refractivity contribution is 0.280. The summed E-state index contributed by atoms with van der Waals surface area (Å²) in [6.07, 6.45) is 0. The summed E-state index contributed by atoms with van der Waals surface area (Å²) in [7, 11) is 0.312. The second-order valence-electron chi connectivity index (χ2n) is 3.47. The molecule has 1 aromatic carbocycles. The Kier molecular flexibility index (Phi) is 4.33. The fraction of sp³-hybridized carbons (Fsp3) is 0.400. The van der Waals surface area contributed by atoms with Gasteiger partial charge in [0.15, 0.2) is 11.5 Å². The topological polar surface area (TPSA) is 76.1 Å². The van der Waals surface area contributed by atoms with E-state index in [1.807, 2.05) is 0 Å². The van der Waals surface area contributed by atoms with Gasteiger partial charge < -0.3 is 14.0 Å². The Bertz CT molecular complexity index is 483. The normalized spacial score (nSPS) is 11.6. The number of ether oxygens (including phenoxy) is 1. The van der Waals surface area contributed by atoms with E-state index in [0.29, 0.717) is 5.56 Å². The van der Waals surface area contributed by atoms with Crippen molar-refractivity contribution in [2.75, 3.05) is 21.2 Å². The number of benzene rings is 1. The number of aliphatic hydroxyl groups is 1. The Balaban J connectivity index is 3.07. The highest BCUT2D eigenvalue weighted by Crippen LogP contribution is 2.29. The molecule has 17 heavy (non-hydrogen) atoms. The first-order valence-corrected chi connectivity index (χ1v) is 6.17. The molecule has 7 heteroatoms. The third-order valence-corrected chi connectivity index (χ3v) is 3.34. The first kappa shape index (κ1) is 13.8. The van der Waals surface area contributed by atoms with Crippen LogP contribution < -0.4 is 8.92 Å². The number of nitrogens with zero attached hydrogens (tertiary/aromatic N) is 1. The van der Waals surface area contributed by atoms with Gasteiger partial charge in [-0.1, -0.05) is 6.07 Å². The zero-order chi connectivity index (χ0) is 13.1. The Morgan fingerprint density at radius 2 is 1.94 bits per heavy atom. The minimum atomic E-state index is -3.81. The van der Waals surface area contributed by atoms with Gasteiger partial charge in [0, 0.05) is 14.1 Å². The van der Waals surface area contributed by atoms with E-state index >= 15 is 0 Å². The van der Waals surface area contributed by atoms with Crippen LogP contribution in [0.1, 0.15) is 5.56 Å². The minimum absolute atomic E-state index is 0.0819. The van der Waals surface area contributed by atoms with Gasteiger partial charge in [0.1, 0.15) is 0 Å². The van der Waals surface area contributed by atoms with Crippen LogP contribution in [-0.4, -0.2) is 39.0 Å². The highest BCUT2D eigenvalue weighted by molar-refractivity contribution is 7.84. The summed E-state index contributed by atoms with van der Waals surface area (Å²) in [5.41, 5.74) is 0.608. The third kappa shape index (κ3) is 3.32. The van der Waals surface area contributed by atoms with Crippen LogP contribution in [0.4, 0.5) is 0 Å². The molecule has 0 aromatic heterocycles. The highest BCUT2D eigenvalue weighted by atomic mass is 32.2. The van der Waals surface area contributed by atoms with Crippen molar-refractivity contribution in [1.82, 2.24) is 4.31 Å². The van der Waals surface area contributed by atoms with E-state index in [4.69, 9.17) is 14.0 Å². The van der Waals surface area contributed by atoms with Crippen LogP contribution in [0.5, 0.6) is 11.5 Å². The van der Waals surface area contributed by atoms with Crippen molar-refractivity contribution in [3.05, 3.63) is 23.8 Å². The van der Waals surface area contributed by atoms with Crippen LogP contribution in [0.3, 0.4) is 0 Å². The Morgan fingerprint density at radius 3 is 2.41 bits per heavy atom. The summed E-state index contributed by atoms with van der Waals surface area (Å²) in [6.45, 7) is -0.156. The average molecular weight is 261 g/mol. The van der Waals surface area contributed by atoms with Crippen molar-refractivity contribution < 1.29 is 22.4 Å². The SMILES string of the molecule is COc1cc(CO)ccc1OS(=O)(=O)N(C)C. The molecule has 0 atom stereocenters. The van der Waals surface area contributed by atoms with Crippen molar-refractivity contribution in [2.45, 2.75) is 6.61 Å². The molecule has 6 nitrogen and oxygen atoms in total. The number of hydrogen-bond acceptors (Lipinski definition) is 5. The second-order valence-corrected chi connectivity index (χ2v) is 5.22. The molecule has 1 N–H and O–H groups in total. The van der Waals surface area contributed by atoms with E-state index in [1.165, 1.54) is 33.3 Å². The zero-order valence-electron chi connectivity index (χ0n) is 9.87. The molecule has 1 rings (SSSR count). The lowest BCUT2D eigenvalue weighted by atomic mass is 10.2. The fourth-order valence-electron chi connectivity index (χ4n) is 1.07. The molecule has 0 saturated carbocycles. The minimum Gasteiger partial charge on any atom is -0.493 e. The van der Waals surface area contributed by atoms with Crippen molar-refractivity contribution >= 4 is 10.3 Å². The summed E-state index contributed by atoms with van der Waals surface area (Å²) in [4.78, 5) is 0. The van der Waals surface area contributed by atoms with Gasteiger partial charge in [0.25, 0.3) is 0 Å². The smallest absolute Gasteiger partial charge is 0.384 e. The van der Waals surface area contributed by atoms with Crippen LogP contribution in [-0.2, 0) is 16.9 Å². The molecule has 0 radical (unpaired) electrons. The van der Waals surface area contributed by atoms with Crippen LogP contribution >= 0.6 is 0 Å². The Labute approximate surface area is 101 Å². The molecule has 0 fully saturated rings. The van der Waals surface area contributed by atoms with Gasteiger partial charge in [-0.2, -0.15) is 12.7 Å². The van der Waals surface area contributed by atoms with Crippen LogP contribution in [0.2, 0.25) is 0 Å². The van der Waals surface area contributed by atoms with Crippen molar-refractivity contribution in [1.29, 1.82) is 0 Å². The number of rotatable bonds is 5. The van der Waals surface area contributed by atoms with Gasteiger partial charge in [-0.15, -0.1) is 0 Å². The van der Waals surface area contributed by atoms with E-state index in [1.54, 1.807) is 6.07 Å². The summed E-state index contributed by atoms with van der Waals surface area (Å²) in [5, 5.41) is 8.95. The maximum Gasteiger partial charge on any atom is 0.384 e. The largest absolute Gasteiger partial charge is 0.493 e. The van der Waals surface area contributed by atoms with Crippen LogP contribution in [0.25, 0.3) is 0 Å². The van der Waals surface area contributed by atoms with Crippen LogP contribution in [0, 0.1) is 0 Å². The average Bonchev–Trinajstić information content (AvgIpc) is 2.29. The summed E-state index contributed by atoms with van der Waals surface area (Å²) in [5.74, 6) is 0.334. The Morgan fingerprint density at radius 1 is 1.29 bits per heavy atom. The van der Waals surface area contributed by atoms with Gasteiger partial charge >= 0.3 is 10.3 Å². The first-order valence-electron chi connectivity index (χ1n) is 4.80. The maximum absolute atomic E-state index is 11.5. The van der Waals surface area contributed by atoms with Crippen LogP contribution in [0.15, 0.2) is 18.2 Å². The molecular weight excluding hydrogens is 246 g/mol. The predicted molar refractivity (Wildman–Crippen MR) is 62.2 cm³/mol. The summed E-state index contributed by atoms with van der Waals surface area (Å²) in [6, 6.07) is 4.51. The molecule has 96 valence electrons. The van der Waals surface area contributed by atoms with E-state index < -0.39 is 10.3 Å². The number of methoxy groups -OCH3 is 1. The monoisotopic (exact) mass is 261 g/mol. The summed E-state index contributed by atoms with van der Waals surface area (Å²) >= 11 is 0. The number of hydrogen-bond donors (Lipinski definition) is 1. The Hall–Kier alpha value is -1.31. The molecule has 0 aliphatic heterocycles. The van der Waals surface area contributed by atoms with Crippen molar-refractivity contribution in [2.24, 2.45) is 0 Å². The molecule has 1 aromatic rings. The second kappa shape index (κ2) is 5.35. The van der Waals surface area contributed by atoms with Crippen molar-refractivity contribution in [3.63, 3.8) is 0 Å². The predicted octanol–water partition coefficient (Wildman–Crippen LogP) is 0.373. The number of aliphatic hydroxyl groups excluding tert-OH is 1. The van der Waals surface area contributed by atoms with E-state index in [0.717, 1.165) is 4.31 Å². The molecule has 0 saturated heterocycles. The molecule has 0 heterocycles. The third-order valence-electron chi connectivity index (χ3n) is 2.05. The van der Waals surface area contributed by atoms with Gasteiger partial charge in [-0.25, -0.2) is 0 Å². The lowest BCUT2D eigenvalue weighted by Gasteiger charge is -2.14. The van der Waals surface area contributed by atoms with Gasteiger partial charge in [0.2, 0.25) is 0 Å². The van der Waals surface area contributed by atoms with Crippen molar-refractivity contribution in [3.8, 4) is 11.5 Å². The van der Waals surface area contributed by atoms with Gasteiger partial charge in [-0.05, 0) is 17.7 Å². The molecular formula is C10H15NO5S. The van der Waals surface area contributed by atoms with Gasteiger partial charge in [-0.3, -0.25) is 0 Å². The molecule has 0 unspecified atom stereocenters. The molecule has 0 bridgehead atoms. The van der Waals surface area contributed by atoms with E-state index in [-0.39, 0.29) is 18.1 Å². The molecule has 0 amide bonds. The molecule has 0 aliphatic carbocycles. The summed E-state index contributed by atoms with van der Waals surface area (Å²) < 4.78 is 33.9. The quantitative estimate of drug-likeness (QED) is 0.829. The first-order chi connectivity index (χ1) is 7.90. The lowest BCUT2D eigenvalue weighted by Crippen LogP contribution is -2.27. The van der Waals surface area contributed by atoms with E-state index in [2.05, 4.69) is 0 Å². The van der Waals surface area contributed by atoms with Gasteiger partial charge in [0.05, 0.1) is 13.7 Å². The highest BCUT2D eigenvalue weighted by Gasteiger charge is 2.18. The maximum atomic E-state index is 11.5. The molecule has 0 spiro atoms.